The van der Waals surface area contributed by atoms with Crippen molar-refractivity contribution < 1.29 is 9.53 Å². The van der Waals surface area contributed by atoms with Crippen LogP contribution in [0, 0.1) is 5.92 Å². The van der Waals surface area contributed by atoms with Crippen LogP contribution in [0.1, 0.15) is 52.1 Å². The van der Waals surface area contributed by atoms with Crippen molar-refractivity contribution in [2.24, 2.45) is 18.0 Å². The first-order valence-electron chi connectivity index (χ1n) is 10.7. The monoisotopic (exact) mass is 532 g/mol. The van der Waals surface area contributed by atoms with Crippen molar-refractivity contribution >= 4 is 36.0 Å². The standard InChI is InChI=1S/C21H36N6O2.HI/c1-21(2,3)29-20(28)27(15-16-6-7-16)17-9-12-26(13-10-17)19(22-4)23-14-18-8-11-24-25(18)5;/h8,11,16-17H,6-7,9-10,12-15H2,1-5H3,(H,22,23);1H. The van der Waals surface area contributed by atoms with Crippen molar-refractivity contribution in [3.8, 4) is 0 Å². The first-order chi connectivity index (χ1) is 13.8. The predicted molar refractivity (Wildman–Crippen MR) is 129 cm³/mol. The molecule has 1 N–H and O–H groups in total. The second-order valence-corrected chi connectivity index (χ2v) is 9.14. The van der Waals surface area contributed by atoms with Gasteiger partial charge in [0.15, 0.2) is 5.96 Å². The molecule has 0 spiro atoms. The first-order valence-corrected chi connectivity index (χ1v) is 10.7. The van der Waals surface area contributed by atoms with Crippen molar-refractivity contribution in [1.29, 1.82) is 0 Å². The van der Waals surface area contributed by atoms with E-state index < -0.39 is 5.60 Å². The van der Waals surface area contributed by atoms with E-state index in [1.807, 2.05) is 50.5 Å². The summed E-state index contributed by atoms with van der Waals surface area (Å²) in [5, 5.41) is 7.64. The van der Waals surface area contributed by atoms with Gasteiger partial charge in [0.2, 0.25) is 0 Å². The number of amides is 1. The van der Waals surface area contributed by atoms with E-state index in [0.29, 0.717) is 12.5 Å². The maximum Gasteiger partial charge on any atom is 0.410 e. The van der Waals surface area contributed by atoms with E-state index in [0.717, 1.165) is 44.1 Å². The molecule has 1 saturated heterocycles. The number of aromatic nitrogens is 2. The number of hydrogen-bond acceptors (Lipinski definition) is 4. The molecule has 30 heavy (non-hydrogen) atoms. The van der Waals surface area contributed by atoms with Crippen LogP contribution < -0.4 is 5.32 Å². The van der Waals surface area contributed by atoms with Crippen LogP contribution in [-0.4, -0.2) is 70.0 Å². The minimum atomic E-state index is -0.461. The zero-order chi connectivity index (χ0) is 21.0. The molecule has 2 heterocycles. The molecule has 2 aliphatic rings. The highest BCUT2D eigenvalue weighted by Crippen LogP contribution is 2.32. The Morgan fingerprint density at radius 3 is 2.47 bits per heavy atom. The fraction of sp³-hybridized carbons (Fsp3) is 0.762. The maximum atomic E-state index is 12.8. The molecule has 1 saturated carbocycles. The third-order valence-electron chi connectivity index (χ3n) is 5.55. The van der Waals surface area contributed by atoms with Gasteiger partial charge in [-0.05, 0) is 58.4 Å². The number of aliphatic imine (C=N–C) groups is 1. The van der Waals surface area contributed by atoms with Crippen LogP contribution in [0.15, 0.2) is 17.3 Å². The lowest BCUT2D eigenvalue weighted by atomic mass is 10.0. The molecule has 1 aliphatic heterocycles. The summed E-state index contributed by atoms with van der Waals surface area (Å²) in [6.45, 7) is 9.06. The maximum absolute atomic E-state index is 12.8. The number of piperidine rings is 1. The number of rotatable bonds is 5. The number of aryl methyl sites for hydroxylation is 1. The van der Waals surface area contributed by atoms with Crippen LogP contribution in [0.25, 0.3) is 0 Å². The third-order valence-corrected chi connectivity index (χ3v) is 5.55. The second-order valence-electron chi connectivity index (χ2n) is 9.14. The topological polar surface area (TPSA) is 75.0 Å². The Bertz CT molecular complexity index is 717. The van der Waals surface area contributed by atoms with Crippen molar-refractivity contribution in [2.45, 2.75) is 64.6 Å². The van der Waals surface area contributed by atoms with Gasteiger partial charge in [-0.2, -0.15) is 5.10 Å². The van der Waals surface area contributed by atoms with Crippen LogP contribution in [0.2, 0.25) is 0 Å². The highest BCUT2D eigenvalue weighted by molar-refractivity contribution is 14.0. The van der Waals surface area contributed by atoms with Crippen LogP contribution in [-0.2, 0) is 18.3 Å². The highest BCUT2D eigenvalue weighted by atomic mass is 127. The summed E-state index contributed by atoms with van der Waals surface area (Å²) in [5.41, 5.74) is 0.652. The van der Waals surface area contributed by atoms with E-state index in [9.17, 15) is 4.79 Å². The molecule has 2 fully saturated rings. The Morgan fingerprint density at radius 1 is 1.30 bits per heavy atom. The van der Waals surface area contributed by atoms with Crippen molar-refractivity contribution in [1.82, 2.24) is 24.9 Å². The van der Waals surface area contributed by atoms with E-state index in [4.69, 9.17) is 4.74 Å². The van der Waals surface area contributed by atoms with Gasteiger partial charge in [-0.15, -0.1) is 24.0 Å². The normalized spacial score (nSPS) is 18.0. The number of carbonyl (C=O) groups excluding carboxylic acids is 1. The smallest absolute Gasteiger partial charge is 0.410 e. The number of guanidine groups is 1. The summed E-state index contributed by atoms with van der Waals surface area (Å²) in [7, 11) is 3.76. The molecule has 3 rings (SSSR count). The predicted octanol–water partition coefficient (Wildman–Crippen LogP) is 3.23. The summed E-state index contributed by atoms with van der Waals surface area (Å²) >= 11 is 0. The van der Waals surface area contributed by atoms with Gasteiger partial charge < -0.3 is 19.9 Å². The average Bonchev–Trinajstić information content (AvgIpc) is 3.40. The van der Waals surface area contributed by atoms with E-state index >= 15 is 0 Å². The van der Waals surface area contributed by atoms with Gasteiger partial charge in [0.1, 0.15) is 5.60 Å². The number of ether oxygens (including phenoxy) is 1. The van der Waals surface area contributed by atoms with Gasteiger partial charge in [0, 0.05) is 46.0 Å². The lowest BCUT2D eigenvalue weighted by molar-refractivity contribution is 0.00928. The van der Waals surface area contributed by atoms with Gasteiger partial charge >= 0.3 is 6.09 Å². The molecule has 8 nitrogen and oxygen atoms in total. The zero-order valence-electron chi connectivity index (χ0n) is 18.9. The Kier molecular flexibility index (Phi) is 8.81. The average molecular weight is 532 g/mol. The molecule has 1 aromatic rings. The number of nitrogens with one attached hydrogen (secondary N) is 1. The van der Waals surface area contributed by atoms with Crippen LogP contribution in [0.4, 0.5) is 4.79 Å². The molecule has 0 unspecified atom stereocenters. The molecule has 1 aliphatic carbocycles. The number of carbonyl (C=O) groups is 1. The number of halogens is 1. The van der Waals surface area contributed by atoms with E-state index in [1.54, 1.807) is 6.20 Å². The molecule has 1 aromatic heterocycles. The zero-order valence-corrected chi connectivity index (χ0v) is 21.3. The van der Waals surface area contributed by atoms with Gasteiger partial charge in [-0.3, -0.25) is 9.67 Å². The lowest BCUT2D eigenvalue weighted by Gasteiger charge is -2.40. The molecule has 0 atom stereocenters. The Balaban J connectivity index is 0.00000320. The van der Waals surface area contributed by atoms with Gasteiger partial charge in [-0.25, -0.2) is 4.79 Å². The molecule has 0 bridgehead atoms. The molecule has 0 aromatic carbocycles. The summed E-state index contributed by atoms with van der Waals surface area (Å²) in [5.74, 6) is 1.55. The van der Waals surface area contributed by atoms with Crippen molar-refractivity contribution in [2.75, 3.05) is 26.7 Å². The largest absolute Gasteiger partial charge is 0.444 e. The number of hydrogen-bond donors (Lipinski definition) is 1. The molecular weight excluding hydrogens is 495 g/mol. The van der Waals surface area contributed by atoms with Gasteiger partial charge in [0.05, 0.1) is 12.2 Å². The van der Waals surface area contributed by atoms with E-state index in [1.165, 1.54) is 12.8 Å². The molecular formula is C21H37IN6O2. The Morgan fingerprint density at radius 2 is 1.97 bits per heavy atom. The molecule has 1 amide bonds. The van der Waals surface area contributed by atoms with E-state index in [2.05, 4.69) is 20.3 Å². The minimum absolute atomic E-state index is 0. The second kappa shape index (κ2) is 10.7. The molecule has 170 valence electrons. The van der Waals surface area contributed by atoms with Crippen LogP contribution in [0.3, 0.4) is 0 Å². The SMILES string of the molecule is CN=C(NCc1ccnn1C)N1CCC(N(CC2CC2)C(=O)OC(C)(C)C)CC1.I. The number of nitrogens with zero attached hydrogens (tertiary/aromatic N) is 5. The third kappa shape index (κ3) is 7.02. The summed E-state index contributed by atoms with van der Waals surface area (Å²) in [6, 6.07) is 2.24. The lowest BCUT2D eigenvalue weighted by Crippen LogP contribution is -2.52. The number of likely N-dealkylation sites (tertiary alicyclic amines) is 1. The fourth-order valence-electron chi connectivity index (χ4n) is 3.74. The first kappa shape index (κ1) is 24.7. The Labute approximate surface area is 197 Å². The van der Waals surface area contributed by atoms with Crippen LogP contribution in [0.5, 0.6) is 0 Å². The summed E-state index contributed by atoms with van der Waals surface area (Å²) in [4.78, 5) is 21.5. The summed E-state index contributed by atoms with van der Waals surface area (Å²) in [6.07, 6.45) is 5.94. The van der Waals surface area contributed by atoms with Crippen molar-refractivity contribution in [3.05, 3.63) is 18.0 Å². The van der Waals surface area contributed by atoms with E-state index in [-0.39, 0.29) is 36.1 Å². The van der Waals surface area contributed by atoms with Crippen molar-refractivity contribution in [3.63, 3.8) is 0 Å². The minimum Gasteiger partial charge on any atom is -0.444 e. The van der Waals surface area contributed by atoms with Crippen LogP contribution >= 0.6 is 24.0 Å². The molecule has 9 heteroatoms. The summed E-state index contributed by atoms with van der Waals surface area (Å²) < 4.78 is 7.56. The highest BCUT2D eigenvalue weighted by Gasteiger charge is 2.35. The quantitative estimate of drug-likeness (QED) is 0.358. The molecule has 0 radical (unpaired) electrons. The fourth-order valence-corrected chi connectivity index (χ4v) is 3.74. The Hall–Kier alpha value is -1.52. The van der Waals surface area contributed by atoms with Gasteiger partial charge in [0.25, 0.3) is 0 Å². The van der Waals surface area contributed by atoms with Gasteiger partial charge in [-0.1, -0.05) is 0 Å².